The number of hydrogen-bond acceptors (Lipinski definition) is 6. The Kier molecular flexibility index (Phi) is 5.45. The van der Waals surface area contributed by atoms with Gasteiger partial charge >= 0.3 is 10.1 Å². The van der Waals surface area contributed by atoms with Gasteiger partial charge in [-0.25, -0.2) is 4.98 Å². The van der Waals surface area contributed by atoms with E-state index in [-0.39, 0.29) is 25.8 Å². The number of aryl methyl sites for hydroxylation is 1. The standard InChI is InChI=1S/C12H9Cl3N2O3S2/c1-6-3-10(17-12(16-6)21-2)20-22(18,19)11-8(14)4-7(13)5-9(11)15/h3-5H,1-2H3. The molecule has 0 aliphatic carbocycles. The smallest absolute Gasteiger partial charge is 0.343 e. The molecule has 0 amide bonds. The van der Waals surface area contributed by atoms with Gasteiger partial charge in [0.1, 0.15) is 4.90 Å². The van der Waals surface area contributed by atoms with Crippen molar-refractivity contribution in [3.63, 3.8) is 0 Å². The molecule has 0 unspecified atom stereocenters. The van der Waals surface area contributed by atoms with Gasteiger partial charge in [-0.05, 0) is 25.3 Å². The van der Waals surface area contributed by atoms with Crippen molar-refractivity contribution in [2.45, 2.75) is 17.0 Å². The quantitative estimate of drug-likeness (QED) is 0.435. The minimum atomic E-state index is -4.26. The fourth-order valence-corrected chi connectivity index (χ4v) is 4.36. The van der Waals surface area contributed by atoms with Gasteiger partial charge in [0.05, 0.1) is 10.0 Å². The first kappa shape index (κ1) is 17.6. The molecule has 5 nitrogen and oxygen atoms in total. The van der Waals surface area contributed by atoms with Gasteiger partial charge in [-0.15, -0.1) is 0 Å². The normalized spacial score (nSPS) is 11.5. The summed E-state index contributed by atoms with van der Waals surface area (Å²) in [6, 6.07) is 3.93. The molecule has 0 atom stereocenters. The molecule has 1 aromatic heterocycles. The van der Waals surface area contributed by atoms with Crippen molar-refractivity contribution in [2.75, 3.05) is 6.26 Å². The minimum Gasteiger partial charge on any atom is -0.358 e. The molecular formula is C12H9Cl3N2O3S2. The molecular weight excluding hydrogens is 391 g/mol. The Morgan fingerprint density at radius 3 is 2.23 bits per heavy atom. The lowest BCUT2D eigenvalue weighted by molar-refractivity contribution is 0.471. The van der Waals surface area contributed by atoms with Crippen LogP contribution < -0.4 is 4.18 Å². The van der Waals surface area contributed by atoms with Crippen LogP contribution in [0, 0.1) is 6.92 Å². The maximum Gasteiger partial charge on any atom is 0.343 e. The van der Waals surface area contributed by atoms with Gasteiger partial charge in [0, 0.05) is 16.8 Å². The molecule has 118 valence electrons. The number of thioether (sulfide) groups is 1. The first-order valence-electron chi connectivity index (χ1n) is 5.71. The first-order valence-corrected chi connectivity index (χ1v) is 9.48. The second-order valence-corrected chi connectivity index (χ2v) is 7.58. The highest BCUT2D eigenvalue weighted by atomic mass is 35.5. The average molecular weight is 400 g/mol. The summed E-state index contributed by atoms with van der Waals surface area (Å²) in [6.45, 7) is 1.70. The zero-order valence-corrected chi connectivity index (χ0v) is 15.2. The molecule has 1 heterocycles. The van der Waals surface area contributed by atoms with Gasteiger partial charge in [0.2, 0.25) is 5.88 Å². The summed E-state index contributed by atoms with van der Waals surface area (Å²) in [5.41, 5.74) is 0.567. The van der Waals surface area contributed by atoms with E-state index in [1.54, 1.807) is 13.2 Å². The molecule has 0 fully saturated rings. The van der Waals surface area contributed by atoms with Gasteiger partial charge in [-0.3, -0.25) is 0 Å². The lowest BCUT2D eigenvalue weighted by Gasteiger charge is -2.10. The summed E-state index contributed by atoms with van der Waals surface area (Å²) in [5.74, 6) is -0.112. The van der Waals surface area contributed by atoms with Crippen LogP contribution in [0.4, 0.5) is 0 Å². The zero-order valence-electron chi connectivity index (χ0n) is 11.3. The number of halogens is 3. The van der Waals surface area contributed by atoms with Crippen LogP contribution >= 0.6 is 46.6 Å². The van der Waals surface area contributed by atoms with E-state index >= 15 is 0 Å². The highest BCUT2D eigenvalue weighted by Crippen LogP contribution is 2.34. The number of rotatable bonds is 4. The fraction of sp³-hybridized carbons (Fsp3) is 0.167. The Balaban J connectivity index is 2.47. The number of aromatic nitrogens is 2. The van der Waals surface area contributed by atoms with Crippen molar-refractivity contribution in [1.82, 2.24) is 9.97 Å². The lowest BCUT2D eigenvalue weighted by atomic mass is 10.4. The van der Waals surface area contributed by atoms with Crippen LogP contribution in [0.2, 0.25) is 15.1 Å². The monoisotopic (exact) mass is 398 g/mol. The van der Waals surface area contributed by atoms with Crippen molar-refractivity contribution >= 4 is 56.7 Å². The summed E-state index contributed by atoms with van der Waals surface area (Å²) in [4.78, 5) is 7.73. The minimum absolute atomic E-state index is 0.112. The van der Waals surface area contributed by atoms with Gasteiger partial charge in [0.25, 0.3) is 0 Å². The zero-order chi connectivity index (χ0) is 16.5. The highest BCUT2D eigenvalue weighted by molar-refractivity contribution is 7.98. The van der Waals surface area contributed by atoms with Crippen molar-refractivity contribution in [2.24, 2.45) is 0 Å². The van der Waals surface area contributed by atoms with Gasteiger partial charge < -0.3 is 4.18 Å². The Hall–Kier alpha value is -0.730. The van der Waals surface area contributed by atoms with E-state index < -0.39 is 10.1 Å². The second-order valence-electron chi connectivity index (χ2n) is 4.07. The molecule has 2 aromatic rings. The third-order valence-electron chi connectivity index (χ3n) is 2.40. The predicted molar refractivity (Wildman–Crippen MR) is 87.8 cm³/mol. The van der Waals surface area contributed by atoms with Crippen molar-refractivity contribution in [3.8, 4) is 5.88 Å². The molecule has 0 aliphatic heterocycles. The van der Waals surface area contributed by atoms with E-state index in [1.807, 2.05) is 0 Å². The van der Waals surface area contributed by atoms with E-state index in [1.165, 1.54) is 30.0 Å². The highest BCUT2D eigenvalue weighted by Gasteiger charge is 2.25. The molecule has 0 aliphatic rings. The number of nitrogens with zero attached hydrogens (tertiary/aromatic N) is 2. The summed E-state index contributed by atoms with van der Waals surface area (Å²) >= 11 is 18.8. The van der Waals surface area contributed by atoms with Crippen LogP contribution in [0.3, 0.4) is 0 Å². The molecule has 0 saturated carbocycles. The lowest BCUT2D eigenvalue weighted by Crippen LogP contribution is -2.12. The van der Waals surface area contributed by atoms with Crippen LogP contribution in [0.25, 0.3) is 0 Å². The second kappa shape index (κ2) is 6.80. The fourth-order valence-electron chi connectivity index (χ4n) is 1.57. The van der Waals surface area contributed by atoms with Crippen LogP contribution in [0.5, 0.6) is 5.88 Å². The average Bonchev–Trinajstić information content (AvgIpc) is 2.35. The number of benzene rings is 1. The molecule has 0 bridgehead atoms. The Morgan fingerprint density at radius 2 is 1.68 bits per heavy atom. The largest absolute Gasteiger partial charge is 0.358 e. The predicted octanol–water partition coefficient (Wildman–Crippen LogP) is 4.23. The molecule has 1 aromatic carbocycles. The third-order valence-corrected chi connectivity index (χ3v) is 5.32. The molecule has 0 N–H and O–H groups in total. The summed E-state index contributed by atoms with van der Waals surface area (Å²) in [6.07, 6.45) is 1.76. The van der Waals surface area contributed by atoms with Crippen molar-refractivity contribution in [1.29, 1.82) is 0 Å². The Labute approximate surface area is 147 Å². The molecule has 2 rings (SSSR count). The van der Waals surface area contributed by atoms with E-state index in [9.17, 15) is 8.42 Å². The SMILES string of the molecule is CSc1nc(C)cc(OS(=O)(=O)c2c(Cl)cc(Cl)cc2Cl)n1. The topological polar surface area (TPSA) is 69.2 Å². The number of hydrogen-bond donors (Lipinski definition) is 0. The summed E-state index contributed by atoms with van der Waals surface area (Å²) in [7, 11) is -4.26. The van der Waals surface area contributed by atoms with Crippen LogP contribution in [0.15, 0.2) is 28.3 Å². The van der Waals surface area contributed by atoms with Gasteiger partial charge in [-0.2, -0.15) is 13.4 Å². The van der Waals surface area contributed by atoms with Crippen LogP contribution in [-0.4, -0.2) is 24.6 Å². The van der Waals surface area contributed by atoms with E-state index in [4.69, 9.17) is 39.0 Å². The first-order chi connectivity index (χ1) is 10.2. The Morgan fingerprint density at radius 1 is 1.09 bits per heavy atom. The summed E-state index contributed by atoms with van der Waals surface area (Å²) in [5, 5.41) is 0.344. The third kappa shape index (κ3) is 3.97. The maximum absolute atomic E-state index is 12.4. The Bertz CT molecular complexity index is 805. The van der Waals surface area contributed by atoms with Crippen molar-refractivity contribution in [3.05, 3.63) is 39.0 Å². The maximum atomic E-state index is 12.4. The van der Waals surface area contributed by atoms with Crippen LogP contribution in [0.1, 0.15) is 5.69 Å². The molecule has 22 heavy (non-hydrogen) atoms. The van der Waals surface area contributed by atoms with Crippen LogP contribution in [-0.2, 0) is 10.1 Å². The van der Waals surface area contributed by atoms with Gasteiger partial charge in [-0.1, -0.05) is 46.6 Å². The molecule has 0 spiro atoms. The molecule has 10 heteroatoms. The van der Waals surface area contributed by atoms with Crippen molar-refractivity contribution < 1.29 is 12.6 Å². The van der Waals surface area contributed by atoms with Gasteiger partial charge in [0.15, 0.2) is 5.16 Å². The summed E-state index contributed by atoms with van der Waals surface area (Å²) < 4.78 is 29.7. The van der Waals surface area contributed by atoms with E-state index in [2.05, 4.69) is 9.97 Å². The van der Waals surface area contributed by atoms with E-state index in [0.717, 1.165) is 0 Å². The molecule has 0 saturated heterocycles. The van der Waals surface area contributed by atoms with E-state index in [0.29, 0.717) is 10.9 Å². The molecule has 0 radical (unpaired) electrons.